The van der Waals surface area contributed by atoms with Gasteiger partial charge in [0, 0.05) is 0 Å². The quantitative estimate of drug-likeness (QED) is 0.332. The highest BCUT2D eigenvalue weighted by atomic mass is 17.5. The Balaban J connectivity index is 3.39. The van der Waals surface area contributed by atoms with E-state index in [-0.39, 0.29) is 12.2 Å². The molecule has 0 spiro atoms. The minimum absolute atomic E-state index is 0.350. The summed E-state index contributed by atoms with van der Waals surface area (Å²) < 4.78 is 0. The maximum Gasteiger partial charge on any atom is 0.352 e. The van der Waals surface area contributed by atoms with Gasteiger partial charge in [-0.1, -0.05) is 0 Å². The molecule has 0 amide bonds. The summed E-state index contributed by atoms with van der Waals surface area (Å²) in [7, 11) is 0. The number of carbonyl (C=O) groups is 2. The number of Topliss-reactive ketones (excluding diaryl/α,β-unsaturated/α-hetero) is 1. The second kappa shape index (κ2) is 3.99. The average molecular weight is 134 g/mol. The Hall–Kier alpha value is -0.940. The van der Waals surface area contributed by atoms with Gasteiger partial charge >= 0.3 is 5.97 Å². The van der Waals surface area contributed by atoms with Crippen LogP contribution >= 0.6 is 0 Å². The summed E-state index contributed by atoms with van der Waals surface area (Å²) in [6.07, 6.45) is -0.388. The van der Waals surface area contributed by atoms with Crippen LogP contribution in [0.1, 0.15) is 13.3 Å². The number of rotatable bonds is 3. The van der Waals surface area contributed by atoms with Gasteiger partial charge in [0.15, 0.2) is 0 Å². The lowest BCUT2D eigenvalue weighted by Crippen LogP contribution is -2.07. The summed E-state index contributed by atoms with van der Waals surface area (Å²) in [5, 5.41) is 10.5. The molecule has 0 aromatic rings. The van der Waals surface area contributed by atoms with Gasteiger partial charge in [0.25, 0.3) is 0 Å². The van der Waals surface area contributed by atoms with Crippen molar-refractivity contribution in [2.24, 2.45) is 0 Å². The van der Waals surface area contributed by atoms with Gasteiger partial charge in [-0.3, -0.25) is 9.68 Å². The molecule has 0 fully saturated rings. The van der Waals surface area contributed by atoms with Crippen LogP contribution in [0.3, 0.4) is 0 Å². The Bertz CT molecular complexity index is 118. The molecule has 0 saturated carbocycles. The Kier molecular flexibility index (Phi) is 3.57. The monoisotopic (exact) mass is 134 g/mol. The fraction of sp³-hybridized carbons (Fsp3) is 0.500. The van der Waals surface area contributed by atoms with Gasteiger partial charge in [-0.15, -0.1) is 0 Å². The third-order valence-corrected chi connectivity index (χ3v) is 0.523. The maximum absolute atomic E-state index is 10.1. The second-order valence-electron chi connectivity index (χ2n) is 1.41. The molecule has 0 saturated heterocycles. The first kappa shape index (κ1) is 8.06. The molecule has 1 N–H and O–H groups in total. The van der Waals surface area contributed by atoms with Crippen molar-refractivity contribution >= 4 is 11.8 Å². The van der Waals surface area contributed by atoms with Gasteiger partial charge in [0.1, 0.15) is 12.2 Å². The van der Waals surface area contributed by atoms with E-state index in [9.17, 15) is 9.59 Å². The zero-order valence-electron chi connectivity index (χ0n) is 4.79. The van der Waals surface area contributed by atoms with Gasteiger partial charge in [0.05, 0.1) is 0 Å². The summed E-state index contributed by atoms with van der Waals surface area (Å²) >= 11 is 0. The van der Waals surface area contributed by atoms with Crippen LogP contribution in [0.5, 0.6) is 0 Å². The minimum atomic E-state index is -0.912. The lowest BCUT2D eigenvalue weighted by molar-refractivity contribution is -0.462. The molecule has 0 aromatic heterocycles. The third-order valence-electron chi connectivity index (χ3n) is 0.523. The van der Waals surface area contributed by atoms with Crippen molar-refractivity contribution in [3.8, 4) is 0 Å². The van der Waals surface area contributed by atoms with E-state index in [1.54, 1.807) is 0 Å². The van der Waals surface area contributed by atoms with Crippen molar-refractivity contribution in [3.05, 3.63) is 0 Å². The van der Waals surface area contributed by atoms with Gasteiger partial charge in [-0.05, 0) is 12.0 Å². The van der Waals surface area contributed by atoms with Gasteiger partial charge in [0.2, 0.25) is 0 Å². The van der Waals surface area contributed by atoms with E-state index < -0.39 is 5.97 Å². The highest BCUT2D eigenvalue weighted by Crippen LogP contribution is 1.86. The van der Waals surface area contributed by atoms with E-state index in [0.717, 1.165) is 0 Å². The molecule has 0 aromatic carbocycles. The van der Waals surface area contributed by atoms with E-state index in [1.165, 1.54) is 6.92 Å². The van der Waals surface area contributed by atoms with Gasteiger partial charge in [-0.2, -0.15) is 0 Å². The average Bonchev–Trinajstić information content (AvgIpc) is 1.63. The van der Waals surface area contributed by atoms with Crippen molar-refractivity contribution in [2.75, 3.05) is 0 Å². The van der Waals surface area contributed by atoms with Crippen LogP contribution in [0.2, 0.25) is 0 Å². The van der Waals surface area contributed by atoms with E-state index in [1.807, 2.05) is 0 Å². The standard InChI is InChI=1S/C4H6O5/c1-3(5)2-4(6)8-9-7/h7H,2H2,1H3. The summed E-state index contributed by atoms with van der Waals surface area (Å²) in [5.74, 6) is -1.26. The molecule has 0 bridgehead atoms. The van der Waals surface area contributed by atoms with Crippen LogP contribution in [0.25, 0.3) is 0 Å². The summed E-state index contributed by atoms with van der Waals surface area (Å²) in [6.45, 7) is 1.22. The molecular formula is C4H6O5. The maximum atomic E-state index is 10.1. The van der Waals surface area contributed by atoms with E-state index in [4.69, 9.17) is 5.26 Å². The first-order valence-electron chi connectivity index (χ1n) is 2.17. The molecule has 5 heteroatoms. The molecule has 0 aliphatic carbocycles. The highest BCUT2D eigenvalue weighted by Gasteiger charge is 2.05. The number of hydrogen-bond donors (Lipinski definition) is 1. The fourth-order valence-electron chi connectivity index (χ4n) is 0.274. The highest BCUT2D eigenvalue weighted by molar-refractivity contribution is 5.93. The third kappa shape index (κ3) is 4.92. The first-order valence-corrected chi connectivity index (χ1v) is 2.17. The van der Waals surface area contributed by atoms with Crippen LogP contribution in [0.15, 0.2) is 0 Å². The Morgan fingerprint density at radius 2 is 2.11 bits per heavy atom. The number of hydrogen-bond acceptors (Lipinski definition) is 5. The molecular weight excluding hydrogens is 128 g/mol. The van der Waals surface area contributed by atoms with Crippen molar-refractivity contribution in [1.29, 1.82) is 0 Å². The largest absolute Gasteiger partial charge is 0.352 e. The first-order chi connectivity index (χ1) is 4.16. The van der Waals surface area contributed by atoms with Crippen LogP contribution < -0.4 is 0 Å². The van der Waals surface area contributed by atoms with Crippen molar-refractivity contribution < 1.29 is 24.8 Å². The van der Waals surface area contributed by atoms with Crippen LogP contribution in [0, 0.1) is 0 Å². The second-order valence-corrected chi connectivity index (χ2v) is 1.41. The summed E-state index contributed by atoms with van der Waals surface area (Å²) in [6, 6.07) is 0. The van der Waals surface area contributed by atoms with Gasteiger partial charge < -0.3 is 0 Å². The lowest BCUT2D eigenvalue weighted by Gasteiger charge is -1.91. The smallest absolute Gasteiger partial charge is 0.299 e. The molecule has 0 rings (SSSR count). The Morgan fingerprint density at radius 3 is 2.44 bits per heavy atom. The van der Waals surface area contributed by atoms with Crippen LogP contribution in [-0.4, -0.2) is 17.0 Å². The molecule has 9 heavy (non-hydrogen) atoms. The normalized spacial score (nSPS) is 8.67. The molecule has 0 radical (unpaired) electrons. The van der Waals surface area contributed by atoms with Crippen LogP contribution in [0.4, 0.5) is 0 Å². The zero-order valence-corrected chi connectivity index (χ0v) is 4.79. The van der Waals surface area contributed by atoms with Gasteiger partial charge in [-0.25, -0.2) is 10.1 Å². The molecule has 0 atom stereocenters. The van der Waals surface area contributed by atoms with Crippen molar-refractivity contribution in [3.63, 3.8) is 0 Å². The number of ketones is 1. The molecule has 0 aliphatic rings. The summed E-state index contributed by atoms with van der Waals surface area (Å²) in [4.78, 5) is 23.8. The zero-order chi connectivity index (χ0) is 7.28. The predicted octanol–water partition coefficient (Wildman–Crippen LogP) is -0.0867. The van der Waals surface area contributed by atoms with E-state index in [2.05, 4.69) is 9.93 Å². The molecule has 52 valence electrons. The minimum Gasteiger partial charge on any atom is -0.299 e. The molecule has 0 heterocycles. The Labute approximate surface area is 51.0 Å². The fourth-order valence-corrected chi connectivity index (χ4v) is 0.274. The van der Waals surface area contributed by atoms with E-state index >= 15 is 0 Å². The lowest BCUT2D eigenvalue weighted by atomic mass is 10.3. The Morgan fingerprint density at radius 1 is 1.56 bits per heavy atom. The predicted molar refractivity (Wildman–Crippen MR) is 25.1 cm³/mol. The van der Waals surface area contributed by atoms with E-state index in [0.29, 0.717) is 0 Å². The SMILES string of the molecule is CC(=O)CC(=O)OOO. The molecule has 0 unspecified atom stereocenters. The molecule has 0 aliphatic heterocycles. The molecule has 5 nitrogen and oxygen atoms in total. The van der Waals surface area contributed by atoms with Crippen molar-refractivity contribution in [2.45, 2.75) is 13.3 Å². The number of carbonyl (C=O) groups excluding carboxylic acids is 2. The summed E-state index contributed by atoms with van der Waals surface area (Å²) in [5.41, 5.74) is 0. The van der Waals surface area contributed by atoms with Crippen molar-refractivity contribution in [1.82, 2.24) is 0 Å². The topological polar surface area (TPSA) is 72.8 Å². The van der Waals surface area contributed by atoms with Crippen LogP contribution in [-0.2, 0) is 19.5 Å².